The number of allylic oxidation sites excluding steroid dienone is 2. The van der Waals surface area contributed by atoms with Crippen molar-refractivity contribution in [3.63, 3.8) is 0 Å². The van der Waals surface area contributed by atoms with E-state index in [9.17, 15) is 30.0 Å². The number of fused-ring (bicyclic) bond motifs is 1. The Labute approximate surface area is 298 Å². The zero-order chi connectivity index (χ0) is 28.0. The van der Waals surface area contributed by atoms with Crippen molar-refractivity contribution in [2.24, 2.45) is 17.8 Å². The van der Waals surface area contributed by atoms with E-state index in [-0.39, 0.29) is 93.8 Å². The van der Waals surface area contributed by atoms with Crippen molar-refractivity contribution in [3.05, 3.63) is 58.2 Å². The zero-order valence-electron chi connectivity index (χ0n) is 24.1. The summed E-state index contributed by atoms with van der Waals surface area (Å²) >= 11 is 0. The molecular formula is C34H38O6Y2-2. The smallest absolute Gasteiger partial charge is 0.137 e. The number of phenolic OH excluding ortho intramolecular Hbond substituents is 4. The summed E-state index contributed by atoms with van der Waals surface area (Å²) in [6.07, 6.45) is 12.8. The molecule has 6 nitrogen and oxygen atoms in total. The van der Waals surface area contributed by atoms with Gasteiger partial charge in [0.2, 0.25) is 0 Å². The molecule has 2 radical (unpaired) electrons. The predicted octanol–water partition coefficient (Wildman–Crippen LogP) is 6.15. The number of aromatic hydroxyl groups is 4. The fourth-order valence-electron chi connectivity index (χ4n) is 8.67. The minimum atomic E-state index is -0.231. The largest absolute Gasteiger partial charge is 0.562 e. The first-order chi connectivity index (χ1) is 19.2. The Kier molecular flexibility index (Phi) is 11.2. The van der Waals surface area contributed by atoms with Crippen molar-refractivity contribution in [2.75, 3.05) is 0 Å². The van der Waals surface area contributed by atoms with Crippen LogP contribution in [0.3, 0.4) is 0 Å². The van der Waals surface area contributed by atoms with Crippen LogP contribution in [-0.4, -0.2) is 32.0 Å². The minimum absolute atomic E-state index is 0. The van der Waals surface area contributed by atoms with Crippen LogP contribution < -0.4 is 0 Å². The third kappa shape index (κ3) is 6.48. The van der Waals surface area contributed by atoms with Crippen molar-refractivity contribution in [1.82, 2.24) is 0 Å². The van der Waals surface area contributed by atoms with Crippen LogP contribution in [0.1, 0.15) is 93.7 Å². The van der Waals surface area contributed by atoms with E-state index in [1.165, 1.54) is 29.7 Å². The summed E-state index contributed by atoms with van der Waals surface area (Å²) in [6, 6.07) is 10.7. The van der Waals surface area contributed by atoms with Crippen molar-refractivity contribution >= 4 is 11.6 Å². The standard InChI is InChI=1S/2C17H19O3.2Y/c18-12-4-5-13-10-2-1-7-17(13,9-12)15-11(8-10)3-6-14(19)16(15)20;18-14-5-6-15-12(2-1-3-13(15)10-14)8-11-4-7-16(19)17(20)9-11;;/h6,10,13,19-20H,1-2,4-5,7-9H2;7,9,12,19-20H,1-3,5-6,8,10H2;;/q2*-1;;. The van der Waals surface area contributed by atoms with E-state index in [4.69, 9.17) is 0 Å². The molecule has 7 rings (SSSR count). The molecule has 0 aliphatic heterocycles. The summed E-state index contributed by atoms with van der Waals surface area (Å²) in [5, 5.41) is 39.2. The number of Topliss-reactive ketones (excluding diaryl/α,β-unsaturated/α-hetero) is 2. The Morgan fingerprint density at radius 1 is 0.833 bits per heavy atom. The van der Waals surface area contributed by atoms with Gasteiger partial charge in [0, 0.05) is 108 Å². The average Bonchev–Trinajstić information content (AvgIpc) is 2.92. The van der Waals surface area contributed by atoms with Crippen LogP contribution in [0.15, 0.2) is 29.3 Å². The van der Waals surface area contributed by atoms with Gasteiger partial charge < -0.3 is 20.4 Å². The molecule has 4 atom stereocenters. The fraction of sp³-hybridized carbons (Fsp3) is 0.529. The van der Waals surface area contributed by atoms with Gasteiger partial charge in [-0.25, -0.2) is 0 Å². The molecule has 0 aromatic heterocycles. The predicted molar refractivity (Wildman–Crippen MR) is 149 cm³/mol. The van der Waals surface area contributed by atoms with Gasteiger partial charge in [-0.3, -0.25) is 9.59 Å². The van der Waals surface area contributed by atoms with Crippen LogP contribution in [0.2, 0.25) is 0 Å². The van der Waals surface area contributed by atoms with Crippen molar-refractivity contribution in [3.8, 4) is 23.0 Å². The Morgan fingerprint density at radius 3 is 2.40 bits per heavy atom. The molecule has 2 aromatic rings. The van der Waals surface area contributed by atoms with Gasteiger partial charge in [0.25, 0.3) is 0 Å². The van der Waals surface area contributed by atoms with E-state index in [2.05, 4.69) is 12.1 Å². The van der Waals surface area contributed by atoms with E-state index < -0.39 is 0 Å². The van der Waals surface area contributed by atoms with Crippen molar-refractivity contribution in [2.45, 2.75) is 95.3 Å². The van der Waals surface area contributed by atoms with Crippen LogP contribution in [0, 0.1) is 29.9 Å². The van der Waals surface area contributed by atoms with Gasteiger partial charge in [-0.1, -0.05) is 24.0 Å². The Balaban J connectivity index is 0.000000184. The van der Waals surface area contributed by atoms with Crippen molar-refractivity contribution < 1.29 is 95.4 Å². The molecule has 8 heteroatoms. The molecule has 5 aliphatic rings. The molecule has 218 valence electrons. The monoisotopic (exact) mass is 720 g/mol. The van der Waals surface area contributed by atoms with Gasteiger partial charge in [-0.05, 0) is 74.5 Å². The molecule has 4 N–H and O–H groups in total. The normalized spacial score (nSPS) is 27.7. The number of hydrogen-bond donors (Lipinski definition) is 4. The van der Waals surface area contributed by atoms with Gasteiger partial charge >= 0.3 is 0 Å². The van der Waals surface area contributed by atoms with Crippen LogP contribution >= 0.6 is 0 Å². The molecule has 2 bridgehead atoms. The summed E-state index contributed by atoms with van der Waals surface area (Å²) in [5.41, 5.74) is 5.39. The number of phenols is 4. The van der Waals surface area contributed by atoms with Crippen molar-refractivity contribution in [1.29, 1.82) is 0 Å². The second-order valence-corrected chi connectivity index (χ2v) is 12.6. The van der Waals surface area contributed by atoms with E-state index in [1.54, 1.807) is 6.07 Å². The van der Waals surface area contributed by atoms with E-state index in [0.29, 0.717) is 55.0 Å². The second kappa shape index (κ2) is 13.9. The molecule has 0 amide bonds. The first kappa shape index (κ1) is 33.8. The number of hydrogen-bond acceptors (Lipinski definition) is 6. The van der Waals surface area contributed by atoms with E-state index in [1.807, 2.05) is 0 Å². The number of benzene rings is 2. The van der Waals surface area contributed by atoms with Gasteiger partial charge in [0.1, 0.15) is 11.6 Å². The molecule has 0 saturated heterocycles. The summed E-state index contributed by atoms with van der Waals surface area (Å²) < 4.78 is 0. The van der Waals surface area contributed by atoms with Crippen LogP contribution in [0.4, 0.5) is 0 Å². The van der Waals surface area contributed by atoms with E-state index >= 15 is 0 Å². The molecule has 2 aromatic carbocycles. The zero-order valence-corrected chi connectivity index (χ0v) is 29.8. The van der Waals surface area contributed by atoms with Gasteiger partial charge in [0.15, 0.2) is 0 Å². The maximum absolute atomic E-state index is 12.1. The van der Waals surface area contributed by atoms with Crippen LogP contribution in [0.25, 0.3) is 0 Å². The maximum atomic E-state index is 12.1. The molecule has 0 spiro atoms. The quantitative estimate of drug-likeness (QED) is 0.168. The molecular weight excluding hydrogens is 682 g/mol. The topological polar surface area (TPSA) is 115 Å². The molecule has 5 aliphatic carbocycles. The van der Waals surface area contributed by atoms with Crippen LogP contribution in [-0.2, 0) is 93.3 Å². The molecule has 42 heavy (non-hydrogen) atoms. The third-order valence-corrected chi connectivity index (χ3v) is 10.3. The minimum Gasteiger partial charge on any atom is -0.562 e. The number of carbonyl (C=O) groups excluding carboxylic acids is 2. The van der Waals surface area contributed by atoms with Gasteiger partial charge in [-0.15, -0.1) is 23.8 Å². The molecule has 2 fully saturated rings. The first-order valence-corrected chi connectivity index (χ1v) is 14.9. The number of carbonyl (C=O) groups is 2. The molecule has 2 saturated carbocycles. The second-order valence-electron chi connectivity index (χ2n) is 12.6. The fourth-order valence-corrected chi connectivity index (χ4v) is 8.67. The third-order valence-electron chi connectivity index (χ3n) is 10.3. The summed E-state index contributed by atoms with van der Waals surface area (Å²) in [6.45, 7) is 0. The Bertz CT molecular complexity index is 1380. The maximum Gasteiger partial charge on any atom is 0.137 e. The summed E-state index contributed by atoms with van der Waals surface area (Å²) in [7, 11) is 0. The number of rotatable bonds is 2. The van der Waals surface area contributed by atoms with Crippen LogP contribution in [0.5, 0.6) is 23.0 Å². The Morgan fingerprint density at radius 2 is 1.62 bits per heavy atom. The Hall–Kier alpha value is -1.07. The SMILES string of the molecule is O=C1CCC2=C(CCCC2Cc2[c-]cc(O)c(O)c2)C1.O=C1CCC2C3CCCC2(C1)c1c([c-]cc(O)c1O)C3.[Y].[Y]. The molecule has 4 unspecified atom stereocenters. The van der Waals surface area contributed by atoms with Gasteiger partial charge in [0.05, 0.1) is 5.75 Å². The summed E-state index contributed by atoms with van der Waals surface area (Å²) in [5.74, 6) is 1.94. The van der Waals surface area contributed by atoms with Gasteiger partial charge in [-0.2, -0.15) is 23.3 Å². The number of ketones is 2. The van der Waals surface area contributed by atoms with E-state index in [0.717, 1.165) is 74.5 Å². The average molecular weight is 720 g/mol. The molecule has 0 heterocycles. The summed E-state index contributed by atoms with van der Waals surface area (Å²) in [4.78, 5) is 23.6. The first-order valence-electron chi connectivity index (χ1n) is 14.9.